The molecule has 0 rings (SSSR count). The number of nitriles is 1. The average Bonchev–Trinajstić information content (AvgIpc) is 2.12. The Morgan fingerprint density at radius 3 is 2.14 bits per heavy atom. The van der Waals surface area contributed by atoms with E-state index in [9.17, 15) is 0 Å². The van der Waals surface area contributed by atoms with E-state index in [1.165, 1.54) is 6.42 Å². The van der Waals surface area contributed by atoms with Crippen LogP contribution in [0.5, 0.6) is 0 Å². The molecule has 0 unspecified atom stereocenters. The second-order valence-corrected chi connectivity index (χ2v) is 4.08. The largest absolute Gasteiger partial charge is 0.309 e. The maximum absolute atomic E-state index is 8.36. The third-order valence-electron chi connectivity index (χ3n) is 2.22. The van der Waals surface area contributed by atoms with Crippen LogP contribution in [0.4, 0.5) is 0 Å². The van der Waals surface area contributed by atoms with E-state index in [2.05, 4.69) is 37.0 Å². The lowest BCUT2D eigenvalue weighted by Gasteiger charge is -2.17. The fourth-order valence-electron chi connectivity index (χ4n) is 1.35. The Balaban J connectivity index is 3.20. The van der Waals surface area contributed by atoms with Crippen molar-refractivity contribution in [3.8, 4) is 6.07 Å². The molecule has 0 aromatic carbocycles. The third-order valence-corrected chi connectivity index (χ3v) is 2.22. The van der Waals surface area contributed by atoms with Crippen LogP contribution in [0.15, 0.2) is 0 Å². The van der Waals surface area contributed by atoms with Crippen LogP contribution in [0, 0.1) is 11.3 Å². The normalized spacial score (nSPS) is 10.9. The molecular formula is C11H23N3. The number of nitrogens with zero attached hydrogens (tertiary/aromatic N) is 3. The van der Waals surface area contributed by atoms with Crippen LogP contribution in [0.25, 0.3) is 0 Å². The van der Waals surface area contributed by atoms with Gasteiger partial charge in [0, 0.05) is 6.42 Å². The standard InChI is InChI=1S/C11H23N3/c1-13(2)9-7-11-14(3)10-6-4-5-8-12/h4-7,9-11H2,1-3H3. The minimum atomic E-state index is 0.700. The Labute approximate surface area is 88.3 Å². The third kappa shape index (κ3) is 9.50. The zero-order chi connectivity index (χ0) is 10.8. The van der Waals surface area contributed by atoms with Gasteiger partial charge in [0.25, 0.3) is 0 Å². The van der Waals surface area contributed by atoms with Gasteiger partial charge in [-0.2, -0.15) is 5.26 Å². The van der Waals surface area contributed by atoms with Gasteiger partial charge in [0.2, 0.25) is 0 Å². The molecule has 0 aliphatic heterocycles. The zero-order valence-corrected chi connectivity index (χ0v) is 9.79. The highest BCUT2D eigenvalue weighted by atomic mass is 15.1. The molecular weight excluding hydrogens is 174 g/mol. The summed E-state index contributed by atoms with van der Waals surface area (Å²) in [6.07, 6.45) is 4.10. The van der Waals surface area contributed by atoms with E-state index in [-0.39, 0.29) is 0 Å². The van der Waals surface area contributed by atoms with Crippen LogP contribution in [0.3, 0.4) is 0 Å². The topological polar surface area (TPSA) is 30.3 Å². The highest BCUT2D eigenvalue weighted by Gasteiger charge is 1.98. The fraction of sp³-hybridized carbons (Fsp3) is 0.909. The molecule has 0 aliphatic carbocycles. The van der Waals surface area contributed by atoms with Crippen LogP contribution in [-0.2, 0) is 0 Å². The first-order chi connectivity index (χ1) is 6.66. The molecule has 3 heteroatoms. The first-order valence-corrected chi connectivity index (χ1v) is 5.37. The molecule has 0 aliphatic rings. The summed E-state index contributed by atoms with van der Waals surface area (Å²) < 4.78 is 0. The molecule has 0 saturated heterocycles. The lowest BCUT2D eigenvalue weighted by Crippen LogP contribution is -2.24. The van der Waals surface area contributed by atoms with Crippen LogP contribution in [0.2, 0.25) is 0 Å². The second kappa shape index (κ2) is 8.98. The van der Waals surface area contributed by atoms with Gasteiger partial charge in [0.1, 0.15) is 0 Å². The molecule has 0 aromatic heterocycles. The molecule has 0 heterocycles. The molecule has 0 aromatic rings. The number of rotatable bonds is 8. The quantitative estimate of drug-likeness (QED) is 0.553. The van der Waals surface area contributed by atoms with Crippen LogP contribution >= 0.6 is 0 Å². The molecule has 0 fully saturated rings. The van der Waals surface area contributed by atoms with Crippen molar-refractivity contribution >= 4 is 0 Å². The van der Waals surface area contributed by atoms with Gasteiger partial charge in [0.05, 0.1) is 6.07 Å². The Hall–Kier alpha value is -0.590. The maximum Gasteiger partial charge on any atom is 0.0621 e. The lowest BCUT2D eigenvalue weighted by atomic mass is 10.2. The maximum atomic E-state index is 8.36. The van der Waals surface area contributed by atoms with Gasteiger partial charge in [-0.1, -0.05) is 0 Å². The molecule has 0 atom stereocenters. The fourth-order valence-corrected chi connectivity index (χ4v) is 1.35. The summed E-state index contributed by atoms with van der Waals surface area (Å²) in [4.78, 5) is 4.56. The van der Waals surface area contributed by atoms with Crippen molar-refractivity contribution in [2.24, 2.45) is 0 Å². The zero-order valence-electron chi connectivity index (χ0n) is 9.79. The molecule has 82 valence electrons. The molecule has 0 bridgehead atoms. The van der Waals surface area contributed by atoms with Crippen LogP contribution in [0.1, 0.15) is 25.7 Å². The first-order valence-electron chi connectivity index (χ1n) is 5.37. The summed E-state index contributed by atoms with van der Waals surface area (Å²) in [5.41, 5.74) is 0. The van der Waals surface area contributed by atoms with Gasteiger partial charge >= 0.3 is 0 Å². The van der Waals surface area contributed by atoms with Gasteiger partial charge in [-0.15, -0.1) is 0 Å². The van der Waals surface area contributed by atoms with E-state index in [0.29, 0.717) is 6.42 Å². The van der Waals surface area contributed by atoms with Gasteiger partial charge < -0.3 is 9.80 Å². The summed E-state index contributed by atoms with van der Waals surface area (Å²) in [6, 6.07) is 2.17. The van der Waals surface area contributed by atoms with E-state index in [1.54, 1.807) is 0 Å². The molecule has 0 saturated carbocycles. The van der Waals surface area contributed by atoms with Crippen LogP contribution < -0.4 is 0 Å². The number of unbranched alkanes of at least 4 members (excludes halogenated alkanes) is 2. The van der Waals surface area contributed by atoms with Gasteiger partial charge in [0.15, 0.2) is 0 Å². The molecule has 0 N–H and O–H groups in total. The number of hydrogen-bond donors (Lipinski definition) is 0. The van der Waals surface area contributed by atoms with Gasteiger partial charge in [-0.05, 0) is 60.0 Å². The van der Waals surface area contributed by atoms with Gasteiger partial charge in [-0.3, -0.25) is 0 Å². The molecule has 0 spiro atoms. The highest BCUT2D eigenvalue weighted by molar-refractivity contribution is 4.68. The van der Waals surface area contributed by atoms with E-state index in [1.807, 2.05) is 0 Å². The minimum absolute atomic E-state index is 0.700. The van der Waals surface area contributed by atoms with Crippen LogP contribution in [-0.4, -0.2) is 50.6 Å². The van der Waals surface area contributed by atoms with Crippen molar-refractivity contribution in [2.75, 3.05) is 40.8 Å². The Bertz CT molecular complexity index is 160. The highest BCUT2D eigenvalue weighted by Crippen LogP contribution is 1.97. The van der Waals surface area contributed by atoms with E-state index in [4.69, 9.17) is 5.26 Å². The first kappa shape index (κ1) is 13.4. The summed E-state index contributed by atoms with van der Waals surface area (Å²) in [5, 5.41) is 8.36. The second-order valence-electron chi connectivity index (χ2n) is 4.08. The van der Waals surface area contributed by atoms with Crippen molar-refractivity contribution < 1.29 is 0 Å². The average molecular weight is 197 g/mol. The Morgan fingerprint density at radius 2 is 1.57 bits per heavy atom. The summed E-state index contributed by atoms with van der Waals surface area (Å²) >= 11 is 0. The summed E-state index contributed by atoms with van der Waals surface area (Å²) in [6.45, 7) is 3.43. The van der Waals surface area contributed by atoms with Crippen molar-refractivity contribution in [3.05, 3.63) is 0 Å². The van der Waals surface area contributed by atoms with Crippen molar-refractivity contribution in [1.29, 1.82) is 5.26 Å². The SMILES string of the molecule is CN(C)CCCN(C)CCCCC#N. The van der Waals surface area contributed by atoms with Gasteiger partial charge in [-0.25, -0.2) is 0 Å². The Morgan fingerprint density at radius 1 is 0.929 bits per heavy atom. The molecule has 0 radical (unpaired) electrons. The van der Waals surface area contributed by atoms with E-state index in [0.717, 1.165) is 32.5 Å². The van der Waals surface area contributed by atoms with Crippen molar-refractivity contribution in [3.63, 3.8) is 0 Å². The predicted molar refractivity (Wildman–Crippen MR) is 60.1 cm³/mol. The summed E-state index contributed by atoms with van der Waals surface area (Å²) in [5.74, 6) is 0. The van der Waals surface area contributed by atoms with Crippen molar-refractivity contribution in [2.45, 2.75) is 25.7 Å². The van der Waals surface area contributed by atoms with Crippen molar-refractivity contribution in [1.82, 2.24) is 9.80 Å². The number of hydrogen-bond acceptors (Lipinski definition) is 3. The Kier molecular flexibility index (Phi) is 8.61. The molecule has 3 nitrogen and oxygen atoms in total. The van der Waals surface area contributed by atoms with E-state index < -0.39 is 0 Å². The smallest absolute Gasteiger partial charge is 0.0621 e. The predicted octanol–water partition coefficient (Wildman–Crippen LogP) is 1.56. The molecule has 14 heavy (non-hydrogen) atoms. The minimum Gasteiger partial charge on any atom is -0.309 e. The summed E-state index contributed by atoms with van der Waals surface area (Å²) in [7, 11) is 6.36. The lowest BCUT2D eigenvalue weighted by molar-refractivity contribution is 0.296. The molecule has 0 amide bonds. The monoisotopic (exact) mass is 197 g/mol. The van der Waals surface area contributed by atoms with E-state index >= 15 is 0 Å².